The largest absolute Gasteiger partial charge is 0.310 e. The van der Waals surface area contributed by atoms with E-state index in [1.54, 1.807) is 0 Å². The summed E-state index contributed by atoms with van der Waals surface area (Å²) in [5, 5.41) is 2.50. The van der Waals surface area contributed by atoms with E-state index >= 15 is 0 Å². The molecule has 0 aromatic heterocycles. The second kappa shape index (κ2) is 13.7. The number of fused-ring (bicyclic) bond motifs is 4. The minimum Gasteiger partial charge on any atom is -0.310 e. The van der Waals surface area contributed by atoms with E-state index in [1.807, 2.05) is 0 Å². The Balaban J connectivity index is 1.22. The maximum atomic E-state index is 2.48. The summed E-state index contributed by atoms with van der Waals surface area (Å²) in [6.45, 7) is 4.73. The zero-order chi connectivity index (χ0) is 37.6. The summed E-state index contributed by atoms with van der Waals surface area (Å²) in [5.74, 6) is 0. The van der Waals surface area contributed by atoms with Crippen LogP contribution in [0.5, 0.6) is 0 Å². The first-order valence-electron chi connectivity index (χ1n) is 19.5. The van der Waals surface area contributed by atoms with Gasteiger partial charge in [-0.2, -0.15) is 0 Å². The van der Waals surface area contributed by atoms with Gasteiger partial charge in [-0.3, -0.25) is 0 Å². The highest BCUT2D eigenvalue weighted by molar-refractivity contribution is 6.01. The molecule has 0 radical (unpaired) electrons. The predicted octanol–water partition coefficient (Wildman–Crippen LogP) is 15.3. The monoisotopic (exact) mass is 715 g/mol. The van der Waals surface area contributed by atoms with Crippen molar-refractivity contribution in [2.75, 3.05) is 4.90 Å². The molecule has 9 aromatic carbocycles. The molecule has 0 unspecified atom stereocenters. The summed E-state index contributed by atoms with van der Waals surface area (Å²) in [6, 6.07) is 77.7. The molecule has 1 aliphatic rings. The number of hydrogen-bond acceptors (Lipinski definition) is 1. The lowest BCUT2D eigenvalue weighted by Crippen LogP contribution is -2.17. The highest BCUT2D eigenvalue weighted by Crippen LogP contribution is 2.52. The molecule has 0 aliphatic heterocycles. The number of anilines is 3. The van der Waals surface area contributed by atoms with Crippen LogP contribution in [-0.4, -0.2) is 0 Å². The van der Waals surface area contributed by atoms with Gasteiger partial charge in [-0.05, 0) is 108 Å². The van der Waals surface area contributed by atoms with Crippen molar-refractivity contribution in [2.24, 2.45) is 0 Å². The molecule has 0 spiro atoms. The van der Waals surface area contributed by atoms with Crippen molar-refractivity contribution in [3.8, 4) is 55.6 Å². The van der Waals surface area contributed by atoms with E-state index in [-0.39, 0.29) is 5.41 Å². The molecule has 0 fully saturated rings. The van der Waals surface area contributed by atoms with Crippen molar-refractivity contribution in [1.29, 1.82) is 0 Å². The lowest BCUT2D eigenvalue weighted by atomic mass is 9.82. The fourth-order valence-electron chi connectivity index (χ4n) is 8.87. The van der Waals surface area contributed by atoms with Crippen molar-refractivity contribution in [3.63, 3.8) is 0 Å². The summed E-state index contributed by atoms with van der Waals surface area (Å²) in [6.07, 6.45) is 0. The van der Waals surface area contributed by atoms with Crippen LogP contribution in [0.4, 0.5) is 17.1 Å². The molecule has 1 heteroatoms. The van der Waals surface area contributed by atoms with Crippen LogP contribution in [-0.2, 0) is 5.41 Å². The Hall–Kier alpha value is -6.96. The van der Waals surface area contributed by atoms with Gasteiger partial charge in [0.05, 0.1) is 5.69 Å². The smallest absolute Gasteiger partial charge is 0.0546 e. The van der Waals surface area contributed by atoms with Gasteiger partial charge in [0.1, 0.15) is 0 Å². The fourth-order valence-corrected chi connectivity index (χ4v) is 8.87. The summed E-state index contributed by atoms with van der Waals surface area (Å²) in [7, 11) is 0. The minimum absolute atomic E-state index is 0.137. The van der Waals surface area contributed by atoms with Crippen molar-refractivity contribution in [3.05, 3.63) is 223 Å². The minimum atomic E-state index is -0.137. The standard InChI is InChI=1S/C55H41N/c1-55(2)51-26-14-13-23-48(51)49-35-34-45(37-52(49)55)56(44-32-30-39(31-33-44)43-29-28-38-16-9-10-21-42(38)36-43)53-27-15-25-47(41-19-7-4-8-20-41)54(53)50-24-12-11-22-46(50)40-17-5-3-6-18-40/h3-37H,1-2H3. The van der Waals surface area contributed by atoms with Gasteiger partial charge in [-0.1, -0.05) is 190 Å². The Bertz CT molecular complexity index is 2870. The van der Waals surface area contributed by atoms with Crippen molar-refractivity contribution in [2.45, 2.75) is 19.3 Å². The van der Waals surface area contributed by atoms with Gasteiger partial charge in [-0.25, -0.2) is 0 Å². The van der Waals surface area contributed by atoms with Gasteiger partial charge in [0.25, 0.3) is 0 Å². The van der Waals surface area contributed by atoms with Crippen LogP contribution in [0.2, 0.25) is 0 Å². The van der Waals surface area contributed by atoms with Gasteiger partial charge in [0.15, 0.2) is 0 Å². The lowest BCUT2D eigenvalue weighted by molar-refractivity contribution is 0.660. The Kier molecular flexibility index (Phi) is 8.23. The van der Waals surface area contributed by atoms with E-state index in [0.717, 1.165) is 17.1 Å². The Morgan fingerprint density at radius 1 is 0.321 bits per heavy atom. The summed E-state index contributed by atoms with van der Waals surface area (Å²) in [4.78, 5) is 2.48. The number of nitrogens with zero attached hydrogens (tertiary/aromatic N) is 1. The van der Waals surface area contributed by atoms with E-state index in [9.17, 15) is 0 Å². The first kappa shape index (κ1) is 33.6. The van der Waals surface area contributed by atoms with E-state index in [4.69, 9.17) is 0 Å². The second-order valence-electron chi connectivity index (χ2n) is 15.3. The highest BCUT2D eigenvalue weighted by atomic mass is 15.1. The quantitative estimate of drug-likeness (QED) is 0.159. The SMILES string of the molecule is CC1(C)c2ccccc2-c2ccc(N(c3ccc(-c4ccc5ccccc5c4)cc3)c3cccc(-c4ccccc4)c3-c3ccccc3-c3ccccc3)cc21. The molecule has 0 N–H and O–H groups in total. The number of benzene rings is 9. The normalized spacial score (nSPS) is 12.6. The third-order valence-electron chi connectivity index (χ3n) is 11.7. The van der Waals surface area contributed by atoms with E-state index in [0.29, 0.717) is 0 Å². The summed E-state index contributed by atoms with van der Waals surface area (Å²) >= 11 is 0. The molecule has 1 nitrogen and oxygen atoms in total. The molecule has 0 saturated carbocycles. The Morgan fingerprint density at radius 3 is 1.62 bits per heavy atom. The maximum absolute atomic E-state index is 2.48. The average molecular weight is 716 g/mol. The molecule has 56 heavy (non-hydrogen) atoms. The van der Waals surface area contributed by atoms with Crippen LogP contribution >= 0.6 is 0 Å². The van der Waals surface area contributed by atoms with Crippen LogP contribution in [0, 0.1) is 0 Å². The molecule has 0 atom stereocenters. The first-order valence-corrected chi connectivity index (χ1v) is 19.5. The van der Waals surface area contributed by atoms with Crippen LogP contribution in [0.15, 0.2) is 212 Å². The molecule has 0 saturated heterocycles. The third-order valence-corrected chi connectivity index (χ3v) is 11.7. The van der Waals surface area contributed by atoms with Crippen molar-refractivity contribution < 1.29 is 0 Å². The average Bonchev–Trinajstić information content (AvgIpc) is 3.49. The predicted molar refractivity (Wildman–Crippen MR) is 238 cm³/mol. The van der Waals surface area contributed by atoms with Gasteiger partial charge in [0, 0.05) is 22.4 Å². The molecule has 9 aromatic rings. The fraction of sp³-hybridized carbons (Fsp3) is 0.0545. The lowest BCUT2D eigenvalue weighted by Gasteiger charge is -2.31. The van der Waals surface area contributed by atoms with Gasteiger partial charge in [-0.15, -0.1) is 0 Å². The second-order valence-corrected chi connectivity index (χ2v) is 15.3. The molecular formula is C55H41N. The van der Waals surface area contributed by atoms with Gasteiger partial charge >= 0.3 is 0 Å². The van der Waals surface area contributed by atoms with Crippen LogP contribution in [0.25, 0.3) is 66.4 Å². The number of rotatable bonds is 7. The highest BCUT2D eigenvalue weighted by Gasteiger charge is 2.36. The van der Waals surface area contributed by atoms with Crippen LogP contribution in [0.3, 0.4) is 0 Å². The van der Waals surface area contributed by atoms with Gasteiger partial charge in [0.2, 0.25) is 0 Å². The molecule has 0 bridgehead atoms. The molecule has 0 heterocycles. The maximum Gasteiger partial charge on any atom is 0.0546 e. The first-order chi connectivity index (χ1) is 27.5. The molecular weight excluding hydrogens is 675 g/mol. The molecule has 1 aliphatic carbocycles. The van der Waals surface area contributed by atoms with Crippen LogP contribution < -0.4 is 4.90 Å². The molecule has 266 valence electrons. The molecule has 10 rings (SSSR count). The molecule has 0 amide bonds. The van der Waals surface area contributed by atoms with E-state index in [2.05, 4.69) is 231 Å². The summed E-state index contributed by atoms with van der Waals surface area (Å²) in [5.41, 5.74) is 18.2. The topological polar surface area (TPSA) is 3.24 Å². The van der Waals surface area contributed by atoms with Crippen molar-refractivity contribution >= 4 is 27.8 Å². The Labute approximate surface area is 329 Å². The Morgan fingerprint density at radius 2 is 0.875 bits per heavy atom. The van der Waals surface area contributed by atoms with Gasteiger partial charge < -0.3 is 4.90 Å². The zero-order valence-corrected chi connectivity index (χ0v) is 31.7. The zero-order valence-electron chi connectivity index (χ0n) is 31.7. The van der Waals surface area contributed by atoms with E-state index in [1.165, 1.54) is 77.5 Å². The summed E-state index contributed by atoms with van der Waals surface area (Å²) < 4.78 is 0. The third kappa shape index (κ3) is 5.72. The van der Waals surface area contributed by atoms with E-state index < -0.39 is 0 Å². The van der Waals surface area contributed by atoms with Crippen LogP contribution in [0.1, 0.15) is 25.0 Å². The van der Waals surface area contributed by atoms with Crippen molar-refractivity contribution in [1.82, 2.24) is 0 Å². The number of hydrogen-bond donors (Lipinski definition) is 0.